The number of nitrogens with one attached hydrogen (secondary N) is 1. The van der Waals surface area contributed by atoms with E-state index in [4.69, 9.17) is 4.74 Å². The zero-order valence-electron chi connectivity index (χ0n) is 11.3. The number of halogens is 1. The molecule has 0 radical (unpaired) electrons. The van der Waals surface area contributed by atoms with E-state index >= 15 is 0 Å². The first kappa shape index (κ1) is 15.5. The number of aromatic nitrogens is 2. The summed E-state index contributed by atoms with van der Waals surface area (Å²) in [6.45, 7) is 4.60. The third-order valence-electron chi connectivity index (χ3n) is 2.85. The van der Waals surface area contributed by atoms with Gasteiger partial charge in [-0.05, 0) is 13.0 Å². The lowest BCUT2D eigenvalue weighted by Gasteiger charge is -2.08. The van der Waals surface area contributed by atoms with E-state index in [1.54, 1.807) is 7.11 Å². The molecule has 4 nitrogen and oxygen atoms in total. The third kappa shape index (κ3) is 4.26. The lowest BCUT2D eigenvalue weighted by molar-refractivity contribution is 0.407. The maximum absolute atomic E-state index is 5.31. The van der Waals surface area contributed by atoms with Crippen molar-refractivity contribution < 1.29 is 4.74 Å². The molecule has 0 amide bonds. The smallest absolute Gasteiger partial charge is 0.123 e. The van der Waals surface area contributed by atoms with Gasteiger partial charge in [0.2, 0.25) is 0 Å². The third-order valence-corrected chi connectivity index (χ3v) is 2.85. The molecule has 0 atom stereocenters. The molecule has 1 N–H and O–H groups in total. The Morgan fingerprint density at radius 2 is 2.05 bits per heavy atom. The van der Waals surface area contributed by atoms with Gasteiger partial charge < -0.3 is 10.1 Å². The summed E-state index contributed by atoms with van der Waals surface area (Å²) in [5.41, 5.74) is 2.37. The molecule has 104 valence electrons. The second-order valence-electron chi connectivity index (χ2n) is 4.12. The second-order valence-corrected chi connectivity index (χ2v) is 4.12. The van der Waals surface area contributed by atoms with E-state index in [0.29, 0.717) is 0 Å². The maximum Gasteiger partial charge on any atom is 0.123 e. The summed E-state index contributed by atoms with van der Waals surface area (Å²) in [5.74, 6) is 0.925. The van der Waals surface area contributed by atoms with Crippen LogP contribution in [0.4, 0.5) is 0 Å². The fourth-order valence-electron chi connectivity index (χ4n) is 1.86. The number of para-hydroxylation sites is 1. The van der Waals surface area contributed by atoms with Crippen LogP contribution in [0.1, 0.15) is 18.1 Å². The summed E-state index contributed by atoms with van der Waals surface area (Å²) in [4.78, 5) is 0. The maximum atomic E-state index is 5.31. The van der Waals surface area contributed by atoms with Crippen LogP contribution in [0, 0.1) is 0 Å². The van der Waals surface area contributed by atoms with Gasteiger partial charge in [-0.25, -0.2) is 0 Å². The molecule has 0 saturated heterocycles. The van der Waals surface area contributed by atoms with E-state index in [2.05, 4.69) is 29.6 Å². The largest absolute Gasteiger partial charge is 0.496 e. The van der Waals surface area contributed by atoms with E-state index in [0.717, 1.165) is 25.4 Å². The number of rotatable bonds is 6. The molecule has 2 rings (SSSR count). The molecular formula is C14H20ClN3O. The molecular weight excluding hydrogens is 262 g/mol. The number of benzene rings is 1. The van der Waals surface area contributed by atoms with Gasteiger partial charge in [0.05, 0.1) is 13.3 Å². The summed E-state index contributed by atoms with van der Waals surface area (Å²) in [5, 5.41) is 7.64. The van der Waals surface area contributed by atoms with Gasteiger partial charge in [-0.15, -0.1) is 12.4 Å². The Morgan fingerprint density at radius 1 is 1.26 bits per heavy atom. The molecule has 0 aliphatic carbocycles. The highest BCUT2D eigenvalue weighted by molar-refractivity contribution is 5.85. The Hall–Kier alpha value is -1.52. The molecule has 5 heteroatoms. The lowest BCUT2D eigenvalue weighted by Crippen LogP contribution is -2.13. The first-order valence-electron chi connectivity index (χ1n) is 6.17. The molecule has 1 aromatic carbocycles. The summed E-state index contributed by atoms with van der Waals surface area (Å²) in [7, 11) is 1.70. The van der Waals surface area contributed by atoms with Gasteiger partial charge in [0, 0.05) is 37.0 Å². The van der Waals surface area contributed by atoms with Gasteiger partial charge in [-0.3, -0.25) is 4.68 Å². The standard InChI is InChI=1S/C14H19N3O.ClH/c1-3-17-11-12(9-16-17)8-15-10-13-6-4-5-7-14(13)18-2;/h4-7,9,11,15H,3,8,10H2,1-2H3;1H. The van der Waals surface area contributed by atoms with Gasteiger partial charge in [0.25, 0.3) is 0 Å². The number of methoxy groups -OCH3 is 1. The Balaban J connectivity index is 0.00000180. The minimum absolute atomic E-state index is 0. The molecule has 0 bridgehead atoms. The van der Waals surface area contributed by atoms with Crippen molar-refractivity contribution >= 4 is 12.4 Å². The molecule has 0 fully saturated rings. The second kappa shape index (κ2) is 7.81. The normalized spacial score (nSPS) is 10.0. The fourth-order valence-corrected chi connectivity index (χ4v) is 1.86. The summed E-state index contributed by atoms with van der Waals surface area (Å²) in [6, 6.07) is 8.05. The van der Waals surface area contributed by atoms with Crippen LogP contribution in [0.3, 0.4) is 0 Å². The molecule has 1 heterocycles. The zero-order chi connectivity index (χ0) is 12.8. The molecule has 0 unspecified atom stereocenters. The van der Waals surface area contributed by atoms with Crippen molar-refractivity contribution in [3.05, 3.63) is 47.8 Å². The van der Waals surface area contributed by atoms with Crippen molar-refractivity contribution in [3.63, 3.8) is 0 Å². The first-order valence-corrected chi connectivity index (χ1v) is 6.17. The van der Waals surface area contributed by atoms with Crippen LogP contribution in [-0.2, 0) is 19.6 Å². The zero-order valence-corrected chi connectivity index (χ0v) is 12.1. The van der Waals surface area contributed by atoms with Crippen LogP contribution < -0.4 is 10.1 Å². The molecule has 2 aromatic rings. The number of aryl methyl sites for hydroxylation is 1. The van der Waals surface area contributed by atoms with Crippen LogP contribution in [0.15, 0.2) is 36.7 Å². The van der Waals surface area contributed by atoms with Crippen molar-refractivity contribution in [1.82, 2.24) is 15.1 Å². The predicted octanol–water partition coefficient (Wildman–Crippen LogP) is 2.62. The average Bonchev–Trinajstić information content (AvgIpc) is 2.87. The summed E-state index contributed by atoms with van der Waals surface area (Å²) in [6.07, 6.45) is 3.97. The SMILES string of the molecule is CCn1cc(CNCc2ccccc2OC)cn1.Cl. The van der Waals surface area contributed by atoms with E-state index in [-0.39, 0.29) is 12.4 Å². The summed E-state index contributed by atoms with van der Waals surface area (Å²) < 4.78 is 7.24. The van der Waals surface area contributed by atoms with Crippen molar-refractivity contribution in [3.8, 4) is 5.75 Å². The summed E-state index contributed by atoms with van der Waals surface area (Å²) >= 11 is 0. The monoisotopic (exact) mass is 281 g/mol. The lowest BCUT2D eigenvalue weighted by atomic mass is 10.2. The molecule has 0 spiro atoms. The Bertz CT molecular complexity index is 499. The predicted molar refractivity (Wildman–Crippen MR) is 78.7 cm³/mol. The molecule has 0 saturated carbocycles. The average molecular weight is 282 g/mol. The van der Waals surface area contributed by atoms with Crippen LogP contribution in [0.25, 0.3) is 0 Å². The van der Waals surface area contributed by atoms with Gasteiger partial charge in [0.1, 0.15) is 5.75 Å². The molecule has 0 aliphatic heterocycles. The van der Waals surface area contributed by atoms with Gasteiger partial charge in [0.15, 0.2) is 0 Å². The van der Waals surface area contributed by atoms with Gasteiger partial charge in [-0.1, -0.05) is 18.2 Å². The number of ether oxygens (including phenoxy) is 1. The Kier molecular flexibility index (Phi) is 6.39. The highest BCUT2D eigenvalue weighted by Gasteiger charge is 2.01. The van der Waals surface area contributed by atoms with Crippen molar-refractivity contribution in [2.45, 2.75) is 26.6 Å². The minimum atomic E-state index is 0. The molecule has 0 aliphatic rings. The fraction of sp³-hybridized carbons (Fsp3) is 0.357. The quantitative estimate of drug-likeness (QED) is 0.885. The minimum Gasteiger partial charge on any atom is -0.496 e. The Morgan fingerprint density at radius 3 is 2.74 bits per heavy atom. The van der Waals surface area contributed by atoms with E-state index < -0.39 is 0 Å². The highest BCUT2D eigenvalue weighted by Crippen LogP contribution is 2.16. The van der Waals surface area contributed by atoms with Gasteiger partial charge >= 0.3 is 0 Å². The Labute approximate surface area is 120 Å². The van der Waals surface area contributed by atoms with Crippen LogP contribution in [-0.4, -0.2) is 16.9 Å². The van der Waals surface area contributed by atoms with Crippen molar-refractivity contribution in [2.75, 3.05) is 7.11 Å². The highest BCUT2D eigenvalue weighted by atomic mass is 35.5. The topological polar surface area (TPSA) is 39.1 Å². The van der Waals surface area contributed by atoms with Crippen molar-refractivity contribution in [1.29, 1.82) is 0 Å². The van der Waals surface area contributed by atoms with Crippen LogP contribution >= 0.6 is 12.4 Å². The molecule has 1 aromatic heterocycles. The number of nitrogens with zero attached hydrogens (tertiary/aromatic N) is 2. The molecule has 19 heavy (non-hydrogen) atoms. The van der Waals surface area contributed by atoms with E-state index in [1.807, 2.05) is 29.1 Å². The van der Waals surface area contributed by atoms with Crippen LogP contribution in [0.5, 0.6) is 5.75 Å². The van der Waals surface area contributed by atoms with Crippen molar-refractivity contribution in [2.24, 2.45) is 0 Å². The van der Waals surface area contributed by atoms with E-state index in [1.165, 1.54) is 11.1 Å². The first-order chi connectivity index (χ1) is 8.83. The number of hydrogen-bond donors (Lipinski definition) is 1. The van der Waals surface area contributed by atoms with Crippen LogP contribution in [0.2, 0.25) is 0 Å². The van der Waals surface area contributed by atoms with E-state index in [9.17, 15) is 0 Å². The van der Waals surface area contributed by atoms with Gasteiger partial charge in [-0.2, -0.15) is 5.10 Å². The number of hydrogen-bond acceptors (Lipinski definition) is 3.